The number of nitrogens with zero attached hydrogens (tertiary/aromatic N) is 1. The van der Waals surface area contributed by atoms with Crippen molar-refractivity contribution in [2.24, 2.45) is 4.99 Å². The summed E-state index contributed by atoms with van der Waals surface area (Å²) < 4.78 is 0.459. The Morgan fingerprint density at radius 2 is 2.14 bits per heavy atom. The fourth-order valence-electron chi connectivity index (χ4n) is 0.907. The summed E-state index contributed by atoms with van der Waals surface area (Å²) in [6.45, 7) is 2.06. The molecule has 1 aromatic carbocycles. The van der Waals surface area contributed by atoms with E-state index in [1.54, 1.807) is 0 Å². The molecule has 0 bridgehead atoms. The number of aryl methyl sites for hydroxylation is 1. The molecule has 0 amide bonds. The lowest BCUT2D eigenvalue weighted by molar-refractivity contribution is 1.37. The fourth-order valence-corrected chi connectivity index (χ4v) is 1.72. The highest BCUT2D eigenvalue weighted by molar-refractivity contribution is 8.22. The number of hydrogen-bond donors (Lipinski definition) is 1. The van der Waals surface area contributed by atoms with Gasteiger partial charge in [-0.05, 0) is 24.7 Å². The summed E-state index contributed by atoms with van der Waals surface area (Å²) in [5.74, 6) is 0.796. The third kappa shape index (κ3) is 3.83. The third-order valence-corrected chi connectivity index (χ3v) is 2.89. The van der Waals surface area contributed by atoms with Gasteiger partial charge in [0, 0.05) is 5.75 Å². The number of aliphatic imine (C=N–C) groups is 1. The van der Waals surface area contributed by atoms with Crippen molar-refractivity contribution in [1.82, 2.24) is 0 Å². The van der Waals surface area contributed by atoms with E-state index < -0.39 is 0 Å². The molecule has 0 aliphatic rings. The Balaban J connectivity index is 2.49. The minimum atomic E-state index is 0.459. The summed E-state index contributed by atoms with van der Waals surface area (Å²) in [6, 6.07) is 10.2. The van der Waals surface area contributed by atoms with Crippen molar-refractivity contribution in [2.45, 2.75) is 12.7 Å². The van der Waals surface area contributed by atoms with Gasteiger partial charge in [0.05, 0.1) is 6.01 Å². The van der Waals surface area contributed by atoms with Crippen molar-refractivity contribution in [3.05, 3.63) is 35.4 Å². The molecule has 72 valence electrons. The Morgan fingerprint density at radius 1 is 1.50 bits per heavy atom. The van der Waals surface area contributed by atoms with Crippen molar-refractivity contribution in [2.75, 3.05) is 0 Å². The second kappa shape index (κ2) is 5.70. The van der Waals surface area contributed by atoms with Crippen LogP contribution in [0.15, 0.2) is 29.3 Å². The Morgan fingerprint density at radius 3 is 2.71 bits per heavy atom. The second-order valence-electron chi connectivity index (χ2n) is 2.76. The molecule has 0 saturated heterocycles. The lowest BCUT2D eigenvalue weighted by atomic mass is 10.2. The van der Waals surface area contributed by atoms with E-state index in [1.807, 2.05) is 6.01 Å². The zero-order valence-corrected chi connectivity index (χ0v) is 9.41. The Hall–Kier alpha value is -0.960. The summed E-state index contributed by atoms with van der Waals surface area (Å²) in [6.07, 6.45) is 0. The number of thioether (sulfide) groups is 1. The van der Waals surface area contributed by atoms with E-state index in [1.165, 1.54) is 22.9 Å². The van der Waals surface area contributed by atoms with Crippen LogP contribution in [0.25, 0.3) is 0 Å². The summed E-state index contributed by atoms with van der Waals surface area (Å²) >= 11 is 6.33. The number of benzene rings is 1. The summed E-state index contributed by atoms with van der Waals surface area (Å²) in [5, 5.41) is 6.63. The molecule has 0 radical (unpaired) electrons. The quantitative estimate of drug-likeness (QED) is 0.616. The molecule has 0 saturated carbocycles. The first kappa shape index (κ1) is 11.1. The highest BCUT2D eigenvalue weighted by Crippen LogP contribution is 2.14. The Kier molecular flexibility index (Phi) is 4.53. The number of rotatable bonds is 2. The van der Waals surface area contributed by atoms with Crippen LogP contribution in [0.1, 0.15) is 11.1 Å². The maximum atomic E-state index is 6.63. The molecule has 0 heterocycles. The maximum Gasteiger partial charge on any atom is 0.171 e. The lowest BCUT2D eigenvalue weighted by Crippen LogP contribution is -1.85. The molecule has 2 nitrogen and oxygen atoms in total. The van der Waals surface area contributed by atoms with Crippen LogP contribution in [0.2, 0.25) is 0 Å². The van der Waals surface area contributed by atoms with Crippen molar-refractivity contribution in [3.63, 3.8) is 0 Å². The van der Waals surface area contributed by atoms with Gasteiger partial charge in [-0.3, -0.25) is 0 Å². The molecule has 0 spiro atoms. The largest absolute Gasteiger partial charge is 0.241 e. The highest BCUT2D eigenvalue weighted by Gasteiger charge is 1.96. The van der Waals surface area contributed by atoms with Crippen molar-refractivity contribution >= 4 is 34.3 Å². The van der Waals surface area contributed by atoms with Crippen LogP contribution in [-0.4, -0.2) is 10.3 Å². The zero-order chi connectivity index (χ0) is 10.4. The van der Waals surface area contributed by atoms with E-state index in [9.17, 15) is 0 Å². The Labute approximate surface area is 93.0 Å². The molecule has 0 fully saturated rings. The van der Waals surface area contributed by atoms with E-state index >= 15 is 0 Å². The average molecular weight is 222 g/mol. The van der Waals surface area contributed by atoms with E-state index in [-0.39, 0.29) is 0 Å². The standard InChI is InChI=1S/C10H10N2S2/c1-8-2-4-9(5-3-8)6-14-10(13)12-7-11/h2-5,11H,6H2,1H3. The van der Waals surface area contributed by atoms with Gasteiger partial charge in [0.2, 0.25) is 0 Å². The molecule has 0 atom stereocenters. The van der Waals surface area contributed by atoms with Crippen LogP contribution in [0.5, 0.6) is 0 Å². The number of nitrogens with one attached hydrogen (secondary N) is 1. The van der Waals surface area contributed by atoms with Gasteiger partial charge < -0.3 is 0 Å². The topological polar surface area (TPSA) is 36.2 Å². The molecule has 0 aliphatic carbocycles. The van der Waals surface area contributed by atoms with Gasteiger partial charge in [-0.15, -0.1) is 0 Å². The molecule has 1 N–H and O–H groups in total. The normalized spacial score (nSPS) is 9.21. The first-order valence-corrected chi connectivity index (χ1v) is 5.46. The average Bonchev–Trinajstić information content (AvgIpc) is 2.17. The van der Waals surface area contributed by atoms with Crippen molar-refractivity contribution in [3.8, 4) is 0 Å². The second-order valence-corrected chi connectivity index (χ2v) is 4.37. The molecular weight excluding hydrogens is 212 g/mol. The van der Waals surface area contributed by atoms with Gasteiger partial charge in [0.1, 0.15) is 0 Å². The van der Waals surface area contributed by atoms with Crippen LogP contribution < -0.4 is 0 Å². The van der Waals surface area contributed by atoms with Gasteiger partial charge in [-0.25, -0.2) is 5.41 Å². The minimum absolute atomic E-state index is 0.459. The maximum absolute atomic E-state index is 6.63. The molecular formula is C10H10N2S2. The van der Waals surface area contributed by atoms with Gasteiger partial charge in [-0.1, -0.05) is 41.6 Å². The molecule has 14 heavy (non-hydrogen) atoms. The molecule has 0 aliphatic heterocycles. The van der Waals surface area contributed by atoms with Gasteiger partial charge in [0.15, 0.2) is 4.32 Å². The van der Waals surface area contributed by atoms with E-state index in [4.69, 9.17) is 17.6 Å². The molecule has 1 aromatic rings. The first-order chi connectivity index (χ1) is 6.72. The smallest absolute Gasteiger partial charge is 0.171 e. The van der Waals surface area contributed by atoms with Crippen LogP contribution in [0.4, 0.5) is 0 Å². The van der Waals surface area contributed by atoms with E-state index in [0.717, 1.165) is 5.75 Å². The molecule has 0 unspecified atom stereocenters. The first-order valence-electron chi connectivity index (χ1n) is 4.07. The summed E-state index contributed by atoms with van der Waals surface area (Å²) in [7, 11) is 0. The van der Waals surface area contributed by atoms with Gasteiger partial charge in [-0.2, -0.15) is 4.99 Å². The van der Waals surface area contributed by atoms with Gasteiger partial charge >= 0.3 is 0 Å². The summed E-state index contributed by atoms with van der Waals surface area (Å²) in [5.41, 5.74) is 2.46. The minimum Gasteiger partial charge on any atom is -0.241 e. The van der Waals surface area contributed by atoms with Crippen LogP contribution in [0, 0.1) is 12.3 Å². The Bertz CT molecular complexity index is 364. The van der Waals surface area contributed by atoms with Crippen LogP contribution in [-0.2, 0) is 5.75 Å². The monoisotopic (exact) mass is 222 g/mol. The van der Waals surface area contributed by atoms with Crippen LogP contribution >= 0.6 is 24.0 Å². The third-order valence-electron chi connectivity index (χ3n) is 1.63. The SMILES string of the molecule is Cc1ccc(CSC(=S)N=C=N)cc1. The predicted octanol–water partition coefficient (Wildman–Crippen LogP) is 3.27. The van der Waals surface area contributed by atoms with E-state index in [2.05, 4.69) is 36.2 Å². The molecule has 0 aromatic heterocycles. The molecule has 1 rings (SSSR count). The summed E-state index contributed by atoms with van der Waals surface area (Å²) in [4.78, 5) is 3.57. The van der Waals surface area contributed by atoms with Gasteiger partial charge in [0.25, 0.3) is 0 Å². The number of thiocarbonyl (C=S) groups is 1. The van der Waals surface area contributed by atoms with Crippen molar-refractivity contribution < 1.29 is 0 Å². The zero-order valence-electron chi connectivity index (χ0n) is 7.78. The fraction of sp³-hybridized carbons (Fsp3) is 0.200. The number of hydrogen-bond acceptors (Lipinski definition) is 3. The predicted molar refractivity (Wildman–Crippen MR) is 65.2 cm³/mol. The van der Waals surface area contributed by atoms with Crippen LogP contribution in [0.3, 0.4) is 0 Å². The highest BCUT2D eigenvalue weighted by atomic mass is 32.2. The van der Waals surface area contributed by atoms with Crippen molar-refractivity contribution in [1.29, 1.82) is 5.41 Å². The lowest BCUT2D eigenvalue weighted by Gasteiger charge is -1.99. The van der Waals surface area contributed by atoms with E-state index in [0.29, 0.717) is 4.32 Å². The molecule has 4 heteroatoms.